The number of hydrogen-bond donors (Lipinski definition) is 2. The van der Waals surface area contributed by atoms with Crippen LogP contribution in [0.5, 0.6) is 0 Å². The molecule has 0 saturated carbocycles. The highest BCUT2D eigenvalue weighted by Gasteiger charge is 2.19. The lowest BCUT2D eigenvalue weighted by molar-refractivity contribution is -0.119. The Labute approximate surface area is 81.0 Å². The molecule has 0 aliphatic heterocycles. The average Bonchev–Trinajstić information content (AvgIpc) is 2.02. The van der Waals surface area contributed by atoms with E-state index in [1.807, 2.05) is 0 Å². The normalized spacial score (nSPS) is 12.9. The minimum Gasteiger partial charge on any atom is -0.394 e. The summed E-state index contributed by atoms with van der Waals surface area (Å²) in [6.07, 6.45) is 0. The van der Waals surface area contributed by atoms with Gasteiger partial charge >= 0.3 is 0 Å². The molecular weight excluding hydrogens is 222 g/mol. The van der Waals surface area contributed by atoms with E-state index in [-0.39, 0.29) is 12.5 Å². The Bertz CT molecular complexity index is 199. The zero-order valence-electron chi connectivity index (χ0n) is 7.52. The van der Waals surface area contributed by atoms with Crippen molar-refractivity contribution in [2.24, 2.45) is 0 Å². The van der Waals surface area contributed by atoms with E-state index < -0.39 is 5.54 Å². The van der Waals surface area contributed by atoms with Crippen LogP contribution in [0, 0.1) is 0 Å². The number of aliphatic hydroxyl groups is 1. The van der Waals surface area contributed by atoms with Crippen LogP contribution < -0.4 is 5.32 Å². The fourth-order valence-corrected chi connectivity index (χ4v) is 0.703. The van der Waals surface area contributed by atoms with Gasteiger partial charge in [-0.05, 0) is 25.8 Å². The molecule has 0 heterocycles. The molecule has 4 heteroatoms. The van der Waals surface area contributed by atoms with Crippen molar-refractivity contribution in [2.45, 2.75) is 26.3 Å². The van der Waals surface area contributed by atoms with Crippen LogP contribution in [0.25, 0.3) is 0 Å². The summed E-state index contributed by atoms with van der Waals surface area (Å²) in [6.45, 7) is 5.13. The first kappa shape index (κ1) is 11.6. The molecule has 0 aromatic carbocycles. The highest BCUT2D eigenvalue weighted by atomic mass is 79.9. The number of carbonyl (C=O) groups excluding carboxylic acids is 1. The van der Waals surface area contributed by atoms with Gasteiger partial charge in [-0.15, -0.1) is 0 Å². The van der Waals surface area contributed by atoms with Gasteiger partial charge in [0, 0.05) is 5.57 Å². The number of halogens is 1. The summed E-state index contributed by atoms with van der Waals surface area (Å²) in [4.78, 5) is 12.8. The minimum atomic E-state index is -0.561. The van der Waals surface area contributed by atoms with Crippen molar-refractivity contribution in [2.75, 3.05) is 6.61 Å². The molecule has 0 unspecified atom stereocenters. The van der Waals surface area contributed by atoms with E-state index in [1.165, 1.54) is 0 Å². The van der Waals surface area contributed by atoms with Gasteiger partial charge in [-0.3, -0.25) is 4.79 Å². The number of rotatable bonds is 3. The third kappa shape index (κ3) is 3.88. The van der Waals surface area contributed by atoms with E-state index in [9.17, 15) is 4.79 Å². The summed E-state index contributed by atoms with van der Waals surface area (Å²) in [5.41, 5.74) is 0.0190. The zero-order valence-corrected chi connectivity index (χ0v) is 9.10. The first-order chi connectivity index (χ1) is 5.43. The molecule has 0 atom stereocenters. The average molecular weight is 236 g/mol. The first-order valence-electron chi connectivity index (χ1n) is 3.63. The molecule has 0 aliphatic rings. The number of nitrogens with one attached hydrogen (secondary N) is 1. The molecule has 3 nitrogen and oxygen atoms in total. The van der Waals surface area contributed by atoms with Gasteiger partial charge < -0.3 is 10.4 Å². The summed E-state index contributed by atoms with van der Waals surface area (Å²) in [6, 6.07) is 0. The lowest BCUT2D eigenvalue weighted by atomic mass is 10.1. The first-order valence-corrected chi connectivity index (χ1v) is 4.55. The highest BCUT2D eigenvalue weighted by molar-refractivity contribution is 9.11. The van der Waals surface area contributed by atoms with E-state index in [4.69, 9.17) is 5.11 Å². The molecule has 0 radical (unpaired) electrons. The molecule has 0 fully saturated rings. The van der Waals surface area contributed by atoms with Gasteiger partial charge in [0.1, 0.15) is 0 Å². The predicted octanol–water partition coefficient (Wildman–Crippen LogP) is 1.17. The van der Waals surface area contributed by atoms with E-state index in [1.54, 1.807) is 25.8 Å². The fourth-order valence-electron chi connectivity index (χ4n) is 0.495. The van der Waals surface area contributed by atoms with Crippen LogP contribution in [-0.4, -0.2) is 23.2 Å². The molecule has 2 N–H and O–H groups in total. The molecule has 12 heavy (non-hydrogen) atoms. The zero-order chi connectivity index (χ0) is 9.78. The summed E-state index contributed by atoms with van der Waals surface area (Å²) in [7, 11) is 0. The highest BCUT2D eigenvalue weighted by Crippen LogP contribution is 2.03. The SMILES string of the molecule is CC(=CBr)C(=O)NC(C)(C)CO. The van der Waals surface area contributed by atoms with Gasteiger partial charge in [-0.25, -0.2) is 0 Å². The topological polar surface area (TPSA) is 49.3 Å². The molecule has 0 saturated heterocycles. The summed E-state index contributed by atoms with van der Waals surface area (Å²) in [5.74, 6) is -0.175. The van der Waals surface area contributed by atoms with Crippen LogP contribution in [0.2, 0.25) is 0 Å². The Morgan fingerprint density at radius 2 is 2.17 bits per heavy atom. The quantitative estimate of drug-likeness (QED) is 0.722. The van der Waals surface area contributed by atoms with Crippen molar-refractivity contribution < 1.29 is 9.90 Å². The smallest absolute Gasteiger partial charge is 0.247 e. The molecule has 0 aromatic rings. The van der Waals surface area contributed by atoms with Crippen LogP contribution in [-0.2, 0) is 4.79 Å². The number of hydrogen-bond acceptors (Lipinski definition) is 2. The van der Waals surface area contributed by atoms with E-state index in [0.29, 0.717) is 5.57 Å². The van der Waals surface area contributed by atoms with Gasteiger partial charge in [-0.1, -0.05) is 15.9 Å². The molecule has 1 amide bonds. The second-order valence-electron chi connectivity index (χ2n) is 3.29. The van der Waals surface area contributed by atoms with Gasteiger partial charge in [0.2, 0.25) is 5.91 Å². The Hall–Kier alpha value is -0.350. The van der Waals surface area contributed by atoms with Gasteiger partial charge in [0.25, 0.3) is 0 Å². The summed E-state index contributed by atoms with van der Waals surface area (Å²) in [5, 5.41) is 11.5. The third-order valence-corrected chi connectivity index (χ3v) is 2.06. The van der Waals surface area contributed by atoms with E-state index >= 15 is 0 Å². The van der Waals surface area contributed by atoms with Crippen molar-refractivity contribution in [3.05, 3.63) is 10.6 Å². The van der Waals surface area contributed by atoms with Crippen LogP contribution in [0.4, 0.5) is 0 Å². The Morgan fingerprint density at radius 1 is 1.67 bits per heavy atom. The van der Waals surface area contributed by atoms with Crippen LogP contribution >= 0.6 is 15.9 Å². The second-order valence-corrected chi connectivity index (χ2v) is 3.75. The van der Waals surface area contributed by atoms with Crippen LogP contribution in [0.3, 0.4) is 0 Å². The van der Waals surface area contributed by atoms with Crippen molar-refractivity contribution in [3.63, 3.8) is 0 Å². The summed E-state index contributed by atoms with van der Waals surface area (Å²) < 4.78 is 0. The second kappa shape index (κ2) is 4.62. The van der Waals surface area contributed by atoms with Crippen LogP contribution in [0.15, 0.2) is 10.6 Å². The van der Waals surface area contributed by atoms with Crippen molar-refractivity contribution in [1.29, 1.82) is 0 Å². The largest absolute Gasteiger partial charge is 0.394 e. The molecule has 70 valence electrons. The Kier molecular flexibility index (Phi) is 4.49. The predicted molar refractivity (Wildman–Crippen MR) is 52.0 cm³/mol. The molecule has 0 rings (SSSR count). The molecule has 0 bridgehead atoms. The number of aliphatic hydroxyl groups excluding tert-OH is 1. The molecular formula is C8H14BrNO2. The third-order valence-electron chi connectivity index (χ3n) is 1.37. The lowest BCUT2D eigenvalue weighted by Gasteiger charge is -2.23. The Morgan fingerprint density at radius 3 is 2.50 bits per heavy atom. The number of carbonyl (C=O) groups is 1. The molecule has 0 aromatic heterocycles. The minimum absolute atomic E-state index is 0.0751. The maximum Gasteiger partial charge on any atom is 0.247 e. The number of amides is 1. The summed E-state index contributed by atoms with van der Waals surface area (Å²) >= 11 is 3.06. The Balaban J connectivity index is 4.19. The molecule has 0 aliphatic carbocycles. The van der Waals surface area contributed by atoms with Gasteiger partial charge in [0.05, 0.1) is 12.1 Å². The standard InChI is InChI=1S/C8H14BrNO2/c1-6(4-9)7(12)10-8(2,3)5-11/h4,11H,5H2,1-3H3,(H,10,12). The fraction of sp³-hybridized carbons (Fsp3) is 0.625. The van der Waals surface area contributed by atoms with Crippen molar-refractivity contribution >= 4 is 21.8 Å². The monoisotopic (exact) mass is 235 g/mol. The van der Waals surface area contributed by atoms with E-state index in [0.717, 1.165) is 0 Å². The van der Waals surface area contributed by atoms with E-state index in [2.05, 4.69) is 21.2 Å². The maximum absolute atomic E-state index is 11.2. The van der Waals surface area contributed by atoms with Crippen LogP contribution in [0.1, 0.15) is 20.8 Å². The maximum atomic E-state index is 11.2. The van der Waals surface area contributed by atoms with Crippen molar-refractivity contribution in [1.82, 2.24) is 5.32 Å². The molecule has 0 spiro atoms. The van der Waals surface area contributed by atoms with Gasteiger partial charge in [-0.2, -0.15) is 0 Å². The van der Waals surface area contributed by atoms with Gasteiger partial charge in [0.15, 0.2) is 0 Å². The van der Waals surface area contributed by atoms with Crippen molar-refractivity contribution in [3.8, 4) is 0 Å². The lowest BCUT2D eigenvalue weighted by Crippen LogP contribution is -2.46.